The molecule has 18 heavy (non-hydrogen) atoms. The molecule has 2 rings (SSSR count). The quantitative estimate of drug-likeness (QED) is 0.692. The molecule has 4 heteroatoms. The Morgan fingerprint density at radius 3 is 2.72 bits per heavy atom. The van der Waals surface area contributed by atoms with E-state index in [-0.39, 0.29) is 0 Å². The molecule has 1 aliphatic heterocycles. The predicted octanol–water partition coefficient (Wildman–Crippen LogP) is 1.11. The van der Waals surface area contributed by atoms with Gasteiger partial charge in [0.1, 0.15) is 0 Å². The summed E-state index contributed by atoms with van der Waals surface area (Å²) < 4.78 is 10.6. The van der Waals surface area contributed by atoms with Crippen LogP contribution in [0.4, 0.5) is 0 Å². The van der Waals surface area contributed by atoms with E-state index in [1.54, 1.807) is 7.11 Å². The van der Waals surface area contributed by atoms with Crippen molar-refractivity contribution in [3.8, 4) is 0 Å². The SMILES string of the molecule is COCCOCCN1CC(C)(C2CC2)NCC1C. The lowest BCUT2D eigenvalue weighted by atomic mass is 9.91. The van der Waals surface area contributed by atoms with Crippen molar-refractivity contribution in [1.82, 2.24) is 10.2 Å². The van der Waals surface area contributed by atoms with E-state index in [2.05, 4.69) is 24.1 Å². The zero-order valence-electron chi connectivity index (χ0n) is 12.1. The van der Waals surface area contributed by atoms with Crippen molar-refractivity contribution in [2.24, 2.45) is 5.92 Å². The monoisotopic (exact) mass is 256 g/mol. The van der Waals surface area contributed by atoms with Gasteiger partial charge in [-0.15, -0.1) is 0 Å². The second-order valence-electron chi connectivity index (χ2n) is 6.00. The minimum atomic E-state index is 0.332. The molecule has 2 aliphatic rings. The number of piperazine rings is 1. The molecule has 1 N–H and O–H groups in total. The van der Waals surface area contributed by atoms with Crippen LogP contribution in [0, 0.1) is 5.92 Å². The lowest BCUT2D eigenvalue weighted by molar-refractivity contribution is 0.0275. The van der Waals surface area contributed by atoms with Crippen LogP contribution in [-0.2, 0) is 9.47 Å². The van der Waals surface area contributed by atoms with E-state index >= 15 is 0 Å². The normalized spacial score (nSPS) is 33.8. The van der Waals surface area contributed by atoms with E-state index < -0.39 is 0 Å². The highest BCUT2D eigenvalue weighted by Crippen LogP contribution is 2.41. The van der Waals surface area contributed by atoms with Gasteiger partial charge in [-0.25, -0.2) is 0 Å². The van der Waals surface area contributed by atoms with Gasteiger partial charge in [-0.05, 0) is 32.6 Å². The summed E-state index contributed by atoms with van der Waals surface area (Å²) in [4.78, 5) is 2.57. The highest BCUT2D eigenvalue weighted by atomic mass is 16.5. The first-order valence-corrected chi connectivity index (χ1v) is 7.21. The van der Waals surface area contributed by atoms with Crippen LogP contribution in [-0.4, -0.2) is 63.0 Å². The number of hydrogen-bond acceptors (Lipinski definition) is 4. The fourth-order valence-corrected chi connectivity index (χ4v) is 2.86. The molecule has 0 aromatic heterocycles. The number of ether oxygens (including phenoxy) is 2. The van der Waals surface area contributed by atoms with Gasteiger partial charge in [0.05, 0.1) is 19.8 Å². The molecule has 1 heterocycles. The molecular formula is C14H28N2O2. The highest BCUT2D eigenvalue weighted by molar-refractivity contribution is 5.03. The van der Waals surface area contributed by atoms with Crippen LogP contribution < -0.4 is 5.32 Å². The molecular weight excluding hydrogens is 228 g/mol. The molecule has 0 aromatic carbocycles. The van der Waals surface area contributed by atoms with Gasteiger partial charge in [0.2, 0.25) is 0 Å². The first-order valence-electron chi connectivity index (χ1n) is 7.21. The van der Waals surface area contributed by atoms with Gasteiger partial charge in [0.25, 0.3) is 0 Å². The summed E-state index contributed by atoms with van der Waals surface area (Å²) in [6.07, 6.45) is 2.80. The Morgan fingerprint density at radius 2 is 2.06 bits per heavy atom. The van der Waals surface area contributed by atoms with Crippen LogP contribution in [0.3, 0.4) is 0 Å². The molecule has 2 fully saturated rings. The molecule has 1 aliphatic carbocycles. The van der Waals surface area contributed by atoms with Gasteiger partial charge in [0.15, 0.2) is 0 Å². The van der Waals surface area contributed by atoms with Gasteiger partial charge < -0.3 is 14.8 Å². The largest absolute Gasteiger partial charge is 0.382 e. The number of rotatable bonds is 7. The molecule has 1 saturated carbocycles. The zero-order valence-corrected chi connectivity index (χ0v) is 12.1. The van der Waals surface area contributed by atoms with Crippen LogP contribution >= 0.6 is 0 Å². The van der Waals surface area contributed by atoms with Gasteiger partial charge in [-0.3, -0.25) is 4.90 Å². The second-order valence-corrected chi connectivity index (χ2v) is 6.00. The Kier molecular flexibility index (Phi) is 5.01. The van der Waals surface area contributed by atoms with Gasteiger partial charge in [-0.1, -0.05) is 0 Å². The third kappa shape index (κ3) is 3.67. The summed E-state index contributed by atoms with van der Waals surface area (Å²) in [7, 11) is 1.71. The predicted molar refractivity (Wildman–Crippen MR) is 72.9 cm³/mol. The summed E-state index contributed by atoms with van der Waals surface area (Å²) >= 11 is 0. The van der Waals surface area contributed by atoms with E-state index in [1.807, 2.05) is 0 Å². The Labute approximate surface area is 111 Å². The Hall–Kier alpha value is -0.160. The smallest absolute Gasteiger partial charge is 0.0700 e. The van der Waals surface area contributed by atoms with Crippen molar-refractivity contribution in [2.75, 3.05) is 46.6 Å². The number of methoxy groups -OCH3 is 1. The number of nitrogens with one attached hydrogen (secondary N) is 1. The third-order valence-corrected chi connectivity index (χ3v) is 4.39. The molecule has 1 saturated heterocycles. The average Bonchev–Trinajstić information content (AvgIpc) is 3.18. The van der Waals surface area contributed by atoms with Crippen molar-refractivity contribution in [2.45, 2.75) is 38.3 Å². The Bertz CT molecular complexity index is 258. The van der Waals surface area contributed by atoms with Gasteiger partial charge in [-0.2, -0.15) is 0 Å². The van der Waals surface area contributed by atoms with E-state index in [9.17, 15) is 0 Å². The fourth-order valence-electron chi connectivity index (χ4n) is 2.86. The summed E-state index contributed by atoms with van der Waals surface area (Å²) in [5.74, 6) is 0.891. The molecule has 0 aromatic rings. The maximum absolute atomic E-state index is 5.58. The fraction of sp³-hybridized carbons (Fsp3) is 1.00. The molecule has 0 radical (unpaired) electrons. The lowest BCUT2D eigenvalue weighted by Crippen LogP contribution is -2.63. The molecule has 106 valence electrons. The molecule has 0 amide bonds. The summed E-state index contributed by atoms with van der Waals surface area (Å²) in [6.45, 7) is 10.2. The Morgan fingerprint density at radius 1 is 1.28 bits per heavy atom. The maximum atomic E-state index is 5.58. The van der Waals surface area contributed by atoms with Crippen molar-refractivity contribution in [3.05, 3.63) is 0 Å². The van der Waals surface area contributed by atoms with E-state index in [1.165, 1.54) is 12.8 Å². The topological polar surface area (TPSA) is 33.7 Å². The van der Waals surface area contributed by atoms with Crippen LogP contribution in [0.1, 0.15) is 26.7 Å². The highest BCUT2D eigenvalue weighted by Gasteiger charge is 2.45. The third-order valence-electron chi connectivity index (χ3n) is 4.39. The maximum Gasteiger partial charge on any atom is 0.0700 e. The van der Waals surface area contributed by atoms with Gasteiger partial charge >= 0.3 is 0 Å². The first kappa shape index (κ1) is 14.3. The minimum absolute atomic E-state index is 0.332. The van der Waals surface area contributed by atoms with E-state index in [0.717, 1.165) is 32.2 Å². The lowest BCUT2D eigenvalue weighted by Gasteiger charge is -2.45. The van der Waals surface area contributed by atoms with Crippen molar-refractivity contribution in [1.29, 1.82) is 0 Å². The molecule has 0 bridgehead atoms. The first-order chi connectivity index (χ1) is 8.65. The Balaban J connectivity index is 1.72. The van der Waals surface area contributed by atoms with Crippen molar-refractivity contribution < 1.29 is 9.47 Å². The molecule has 2 unspecified atom stereocenters. The summed E-state index contributed by atoms with van der Waals surface area (Å²) in [5.41, 5.74) is 0.332. The summed E-state index contributed by atoms with van der Waals surface area (Å²) in [5, 5.41) is 3.75. The van der Waals surface area contributed by atoms with Gasteiger partial charge in [0, 0.05) is 38.3 Å². The van der Waals surface area contributed by atoms with E-state index in [0.29, 0.717) is 24.8 Å². The van der Waals surface area contributed by atoms with Crippen molar-refractivity contribution in [3.63, 3.8) is 0 Å². The van der Waals surface area contributed by atoms with Crippen LogP contribution in [0.2, 0.25) is 0 Å². The standard InChI is InChI=1S/C14H28N2O2/c1-12-10-15-14(2,13-4-5-13)11-16(12)6-7-18-9-8-17-3/h12-13,15H,4-11H2,1-3H3. The van der Waals surface area contributed by atoms with E-state index in [4.69, 9.17) is 9.47 Å². The summed E-state index contributed by atoms with van der Waals surface area (Å²) in [6, 6.07) is 0.614. The van der Waals surface area contributed by atoms with Crippen LogP contribution in [0.5, 0.6) is 0 Å². The molecule has 4 nitrogen and oxygen atoms in total. The van der Waals surface area contributed by atoms with Crippen LogP contribution in [0.25, 0.3) is 0 Å². The minimum Gasteiger partial charge on any atom is -0.382 e. The number of hydrogen-bond donors (Lipinski definition) is 1. The molecule has 2 atom stereocenters. The molecule has 0 spiro atoms. The number of nitrogens with zero attached hydrogens (tertiary/aromatic N) is 1. The van der Waals surface area contributed by atoms with Crippen LogP contribution in [0.15, 0.2) is 0 Å². The van der Waals surface area contributed by atoms with Crippen molar-refractivity contribution >= 4 is 0 Å². The average molecular weight is 256 g/mol. The second kappa shape index (κ2) is 6.33. The zero-order chi connectivity index (χ0) is 13.0.